The highest BCUT2D eigenvalue weighted by atomic mass is 32.1. The van der Waals surface area contributed by atoms with E-state index in [0.717, 1.165) is 23.5 Å². The lowest BCUT2D eigenvalue weighted by Gasteiger charge is -1.98. The van der Waals surface area contributed by atoms with Gasteiger partial charge >= 0.3 is 0 Å². The SMILES string of the molecule is Cc1nc(-c2ccc(F)c(F)c2)c(F)s1. The molecule has 0 saturated carbocycles. The maximum absolute atomic E-state index is 13.3. The molecule has 0 bridgehead atoms. The Labute approximate surface area is 88.2 Å². The van der Waals surface area contributed by atoms with Crippen molar-refractivity contribution in [3.8, 4) is 11.3 Å². The second-order valence-corrected chi connectivity index (χ2v) is 4.14. The first kappa shape index (κ1) is 10.2. The molecule has 0 atom stereocenters. The van der Waals surface area contributed by atoms with Crippen LogP contribution in [0.4, 0.5) is 13.2 Å². The van der Waals surface area contributed by atoms with Crippen LogP contribution in [0.25, 0.3) is 11.3 Å². The highest BCUT2D eigenvalue weighted by molar-refractivity contribution is 7.10. The molecule has 1 aromatic heterocycles. The lowest BCUT2D eigenvalue weighted by Crippen LogP contribution is -1.87. The summed E-state index contributed by atoms with van der Waals surface area (Å²) in [6.45, 7) is 1.65. The fraction of sp³-hybridized carbons (Fsp3) is 0.100. The van der Waals surface area contributed by atoms with Crippen molar-refractivity contribution in [3.63, 3.8) is 0 Å². The number of benzene rings is 1. The minimum absolute atomic E-state index is 0.0661. The van der Waals surface area contributed by atoms with Crippen LogP contribution in [-0.2, 0) is 0 Å². The number of rotatable bonds is 1. The van der Waals surface area contributed by atoms with E-state index in [9.17, 15) is 13.2 Å². The molecule has 0 N–H and O–H groups in total. The van der Waals surface area contributed by atoms with Gasteiger partial charge in [0.15, 0.2) is 11.6 Å². The number of halogens is 3. The predicted octanol–water partition coefficient (Wildman–Crippen LogP) is 3.54. The summed E-state index contributed by atoms with van der Waals surface area (Å²) in [6.07, 6.45) is 0. The third-order valence-electron chi connectivity index (χ3n) is 1.89. The topological polar surface area (TPSA) is 12.9 Å². The van der Waals surface area contributed by atoms with Crippen molar-refractivity contribution in [2.75, 3.05) is 0 Å². The largest absolute Gasteiger partial charge is 0.238 e. The molecular weight excluding hydrogens is 223 g/mol. The van der Waals surface area contributed by atoms with Crippen molar-refractivity contribution in [1.29, 1.82) is 0 Å². The Morgan fingerprint density at radius 3 is 2.40 bits per heavy atom. The van der Waals surface area contributed by atoms with E-state index in [0.29, 0.717) is 5.01 Å². The summed E-state index contributed by atoms with van der Waals surface area (Å²) < 4.78 is 38.8. The molecule has 1 nitrogen and oxygen atoms in total. The Kier molecular flexibility index (Phi) is 2.48. The summed E-state index contributed by atoms with van der Waals surface area (Å²) in [6, 6.07) is 3.20. The van der Waals surface area contributed by atoms with Crippen LogP contribution in [0.1, 0.15) is 5.01 Å². The summed E-state index contributed by atoms with van der Waals surface area (Å²) in [4.78, 5) is 3.91. The van der Waals surface area contributed by atoms with Gasteiger partial charge in [0.2, 0.25) is 5.13 Å². The zero-order chi connectivity index (χ0) is 11.0. The Bertz CT molecular complexity index is 507. The summed E-state index contributed by atoms with van der Waals surface area (Å²) in [5.41, 5.74) is 0.312. The lowest BCUT2D eigenvalue weighted by molar-refractivity contribution is 0.509. The quantitative estimate of drug-likeness (QED) is 0.728. The first-order chi connectivity index (χ1) is 7.08. The monoisotopic (exact) mass is 229 g/mol. The molecule has 1 aromatic carbocycles. The van der Waals surface area contributed by atoms with Crippen LogP contribution in [-0.4, -0.2) is 4.98 Å². The molecule has 0 aliphatic heterocycles. The van der Waals surface area contributed by atoms with Gasteiger partial charge in [-0.3, -0.25) is 0 Å². The van der Waals surface area contributed by atoms with Crippen molar-refractivity contribution >= 4 is 11.3 Å². The first-order valence-corrected chi connectivity index (χ1v) is 4.98. The fourth-order valence-corrected chi connectivity index (χ4v) is 1.88. The second kappa shape index (κ2) is 3.66. The van der Waals surface area contributed by atoms with E-state index in [1.54, 1.807) is 6.92 Å². The third kappa shape index (κ3) is 1.87. The average Bonchev–Trinajstić information content (AvgIpc) is 2.50. The van der Waals surface area contributed by atoms with E-state index in [2.05, 4.69) is 4.98 Å². The molecule has 0 fully saturated rings. The molecule has 0 unspecified atom stereocenters. The van der Waals surface area contributed by atoms with Crippen LogP contribution < -0.4 is 0 Å². The summed E-state index contributed by atoms with van der Waals surface area (Å²) >= 11 is 0.880. The van der Waals surface area contributed by atoms with Crippen molar-refractivity contribution in [2.24, 2.45) is 0 Å². The van der Waals surface area contributed by atoms with Crippen molar-refractivity contribution in [3.05, 3.63) is 40.0 Å². The van der Waals surface area contributed by atoms with E-state index < -0.39 is 16.8 Å². The van der Waals surface area contributed by atoms with Crippen LogP contribution in [0, 0.1) is 23.7 Å². The zero-order valence-electron chi connectivity index (χ0n) is 7.72. The second-order valence-electron chi connectivity index (χ2n) is 2.98. The normalized spacial score (nSPS) is 10.7. The van der Waals surface area contributed by atoms with Gasteiger partial charge in [-0.2, -0.15) is 4.39 Å². The van der Waals surface area contributed by atoms with E-state index in [1.165, 1.54) is 6.07 Å². The molecule has 0 aliphatic carbocycles. The van der Waals surface area contributed by atoms with Gasteiger partial charge in [-0.1, -0.05) is 11.3 Å². The van der Waals surface area contributed by atoms with Crippen LogP contribution >= 0.6 is 11.3 Å². The molecule has 0 aliphatic rings. The molecule has 0 amide bonds. The van der Waals surface area contributed by atoms with Crippen molar-refractivity contribution < 1.29 is 13.2 Å². The maximum atomic E-state index is 13.3. The lowest BCUT2D eigenvalue weighted by atomic mass is 10.1. The standard InChI is InChI=1S/C10H6F3NS/c1-5-14-9(10(13)15-5)6-2-3-7(11)8(12)4-6/h2-4H,1H3. The van der Waals surface area contributed by atoms with Crippen LogP contribution in [0.5, 0.6) is 0 Å². The molecule has 15 heavy (non-hydrogen) atoms. The van der Waals surface area contributed by atoms with Crippen molar-refractivity contribution in [1.82, 2.24) is 4.98 Å². The number of aryl methyl sites for hydroxylation is 1. The average molecular weight is 229 g/mol. The van der Waals surface area contributed by atoms with Crippen LogP contribution in [0.3, 0.4) is 0 Å². The number of hydrogen-bond acceptors (Lipinski definition) is 2. The molecule has 78 valence electrons. The third-order valence-corrected chi connectivity index (χ3v) is 2.65. The van der Waals surface area contributed by atoms with Crippen LogP contribution in [0.2, 0.25) is 0 Å². The Hall–Kier alpha value is -1.36. The van der Waals surface area contributed by atoms with Gasteiger partial charge in [0.1, 0.15) is 5.69 Å². The van der Waals surface area contributed by atoms with Gasteiger partial charge in [0.25, 0.3) is 0 Å². The molecular formula is C10H6F3NS. The van der Waals surface area contributed by atoms with Crippen molar-refractivity contribution in [2.45, 2.75) is 6.92 Å². The van der Waals surface area contributed by atoms with Gasteiger partial charge in [-0.15, -0.1) is 0 Å². The Morgan fingerprint density at radius 2 is 1.87 bits per heavy atom. The van der Waals surface area contributed by atoms with E-state index in [1.807, 2.05) is 0 Å². The molecule has 5 heteroatoms. The number of hydrogen-bond donors (Lipinski definition) is 0. The van der Waals surface area contributed by atoms with E-state index in [4.69, 9.17) is 0 Å². The van der Waals surface area contributed by atoms with Gasteiger partial charge in [0, 0.05) is 5.56 Å². The number of thiazole rings is 1. The predicted molar refractivity (Wildman–Crippen MR) is 52.2 cm³/mol. The number of nitrogens with zero attached hydrogens (tertiary/aromatic N) is 1. The zero-order valence-corrected chi connectivity index (χ0v) is 8.54. The van der Waals surface area contributed by atoms with E-state index >= 15 is 0 Å². The van der Waals surface area contributed by atoms with Gasteiger partial charge in [-0.05, 0) is 25.1 Å². The summed E-state index contributed by atoms with van der Waals surface area (Å²) in [5, 5.41) is 0.0609. The van der Waals surface area contributed by atoms with E-state index in [-0.39, 0.29) is 11.3 Å². The van der Waals surface area contributed by atoms with Gasteiger partial charge in [0.05, 0.1) is 5.01 Å². The highest BCUT2D eigenvalue weighted by Crippen LogP contribution is 2.27. The fourth-order valence-electron chi connectivity index (χ4n) is 1.22. The molecule has 0 spiro atoms. The smallest absolute Gasteiger partial charge is 0.204 e. The highest BCUT2D eigenvalue weighted by Gasteiger charge is 2.12. The summed E-state index contributed by atoms with van der Waals surface area (Å²) in [5.74, 6) is -1.95. The molecule has 0 radical (unpaired) electrons. The van der Waals surface area contributed by atoms with Crippen LogP contribution in [0.15, 0.2) is 18.2 Å². The minimum atomic E-state index is -1.00. The Balaban J connectivity index is 2.54. The van der Waals surface area contributed by atoms with Gasteiger partial charge in [-0.25, -0.2) is 13.8 Å². The minimum Gasteiger partial charge on any atom is -0.238 e. The summed E-state index contributed by atoms with van der Waals surface area (Å²) in [7, 11) is 0. The molecule has 2 aromatic rings. The maximum Gasteiger partial charge on any atom is 0.204 e. The first-order valence-electron chi connectivity index (χ1n) is 4.16. The molecule has 1 heterocycles. The van der Waals surface area contributed by atoms with Gasteiger partial charge < -0.3 is 0 Å². The number of aromatic nitrogens is 1. The molecule has 0 saturated heterocycles. The Morgan fingerprint density at radius 1 is 1.13 bits per heavy atom. The molecule has 2 rings (SSSR count).